The third-order valence-electron chi connectivity index (χ3n) is 4.24. The summed E-state index contributed by atoms with van der Waals surface area (Å²) in [7, 11) is -4.04. The zero-order valence-electron chi connectivity index (χ0n) is 14.9. The first kappa shape index (κ1) is 20.1. The lowest BCUT2D eigenvalue weighted by Crippen LogP contribution is -2.26. The van der Waals surface area contributed by atoms with Crippen LogP contribution in [0.5, 0.6) is 0 Å². The van der Waals surface area contributed by atoms with Gasteiger partial charge in [0, 0.05) is 18.9 Å². The van der Waals surface area contributed by atoms with Crippen molar-refractivity contribution in [2.75, 3.05) is 6.54 Å². The predicted octanol–water partition coefficient (Wildman–Crippen LogP) is 3.72. The van der Waals surface area contributed by atoms with E-state index in [1.807, 2.05) is 24.3 Å². The summed E-state index contributed by atoms with van der Waals surface area (Å²) in [6, 6.07) is 12.2. The van der Waals surface area contributed by atoms with E-state index in [1.165, 1.54) is 13.0 Å². The van der Waals surface area contributed by atoms with Crippen LogP contribution in [-0.2, 0) is 22.6 Å². The van der Waals surface area contributed by atoms with E-state index in [0.717, 1.165) is 17.3 Å². The lowest BCUT2D eigenvalue weighted by Gasteiger charge is -2.13. The lowest BCUT2D eigenvalue weighted by molar-refractivity contribution is -0.138. The van der Waals surface area contributed by atoms with Gasteiger partial charge in [-0.3, -0.25) is 0 Å². The third-order valence-corrected chi connectivity index (χ3v) is 5.69. The van der Waals surface area contributed by atoms with Gasteiger partial charge in [-0.1, -0.05) is 18.2 Å². The highest BCUT2D eigenvalue weighted by atomic mass is 32.2. The van der Waals surface area contributed by atoms with E-state index >= 15 is 0 Å². The number of nitrogens with one attached hydrogen (secondary N) is 1. The number of benzene rings is 2. The highest BCUT2D eigenvalue weighted by molar-refractivity contribution is 7.89. The minimum atomic E-state index is -4.61. The molecule has 0 aliphatic heterocycles. The van der Waals surface area contributed by atoms with Gasteiger partial charge in [-0.15, -0.1) is 0 Å². The Bertz CT molecular complexity index is 1050. The van der Waals surface area contributed by atoms with Crippen molar-refractivity contribution < 1.29 is 21.6 Å². The fraction of sp³-hybridized carbons (Fsp3) is 0.211. The fourth-order valence-electron chi connectivity index (χ4n) is 2.72. The van der Waals surface area contributed by atoms with E-state index in [4.69, 9.17) is 0 Å². The molecular formula is C19H18F3N3O2S. The van der Waals surface area contributed by atoms with Crippen LogP contribution < -0.4 is 4.72 Å². The molecule has 3 rings (SSSR count). The summed E-state index contributed by atoms with van der Waals surface area (Å²) in [5.74, 6) is 0. The molecular weight excluding hydrogens is 391 g/mol. The van der Waals surface area contributed by atoms with Crippen LogP contribution in [0.3, 0.4) is 0 Å². The first-order valence-corrected chi connectivity index (χ1v) is 9.91. The van der Waals surface area contributed by atoms with Crippen molar-refractivity contribution in [2.24, 2.45) is 0 Å². The Morgan fingerprint density at radius 1 is 1.11 bits per heavy atom. The summed E-state index contributed by atoms with van der Waals surface area (Å²) in [6.07, 6.45) is -0.736. The summed E-state index contributed by atoms with van der Waals surface area (Å²) in [5, 5.41) is 4.12. The van der Waals surface area contributed by atoms with Crippen LogP contribution in [0.4, 0.5) is 13.2 Å². The molecule has 0 saturated carbocycles. The second-order valence-electron chi connectivity index (χ2n) is 6.24. The van der Waals surface area contributed by atoms with E-state index in [1.54, 1.807) is 23.1 Å². The molecule has 0 bridgehead atoms. The van der Waals surface area contributed by atoms with Crippen molar-refractivity contribution in [2.45, 2.75) is 24.4 Å². The summed E-state index contributed by atoms with van der Waals surface area (Å²) in [5.41, 5.74) is 0.778. The normalized spacial score (nSPS) is 12.3. The smallest absolute Gasteiger partial charge is 0.241 e. The third kappa shape index (κ3) is 4.60. The average molecular weight is 409 g/mol. The molecule has 148 valence electrons. The van der Waals surface area contributed by atoms with Crippen LogP contribution in [-0.4, -0.2) is 24.7 Å². The summed E-state index contributed by atoms with van der Waals surface area (Å²) in [6.45, 7) is 1.36. The minimum absolute atomic E-state index is 0.0243. The topological polar surface area (TPSA) is 64.0 Å². The molecule has 1 aromatic heterocycles. The number of aryl methyl sites for hydroxylation is 1. The molecule has 2 aromatic carbocycles. The van der Waals surface area contributed by atoms with Gasteiger partial charge in [0.1, 0.15) is 0 Å². The van der Waals surface area contributed by atoms with Crippen molar-refractivity contribution in [3.8, 4) is 5.69 Å². The van der Waals surface area contributed by atoms with Crippen LogP contribution >= 0.6 is 0 Å². The highest BCUT2D eigenvalue weighted by Crippen LogP contribution is 2.33. The fourth-order valence-corrected chi connectivity index (χ4v) is 3.78. The first-order chi connectivity index (χ1) is 13.2. The van der Waals surface area contributed by atoms with Crippen molar-refractivity contribution in [3.63, 3.8) is 0 Å². The molecule has 0 spiro atoms. The Morgan fingerprint density at radius 3 is 2.43 bits per heavy atom. The lowest BCUT2D eigenvalue weighted by atomic mass is 10.1. The Kier molecular flexibility index (Phi) is 5.57. The van der Waals surface area contributed by atoms with Gasteiger partial charge >= 0.3 is 6.18 Å². The molecule has 3 aromatic rings. The van der Waals surface area contributed by atoms with Crippen molar-refractivity contribution in [1.29, 1.82) is 0 Å². The number of nitrogens with zero attached hydrogens (tertiary/aromatic N) is 2. The van der Waals surface area contributed by atoms with E-state index in [2.05, 4.69) is 9.82 Å². The van der Waals surface area contributed by atoms with Gasteiger partial charge < -0.3 is 0 Å². The largest absolute Gasteiger partial charge is 0.416 e. The second kappa shape index (κ2) is 7.76. The Labute approximate surface area is 160 Å². The zero-order chi connectivity index (χ0) is 20.4. The number of sulfonamides is 1. The maximum atomic E-state index is 13.0. The van der Waals surface area contributed by atoms with Gasteiger partial charge in [0.25, 0.3) is 0 Å². The van der Waals surface area contributed by atoms with Crippen LogP contribution in [0, 0.1) is 6.92 Å². The van der Waals surface area contributed by atoms with Crippen LogP contribution in [0.15, 0.2) is 65.8 Å². The standard InChI is InChI=1S/C19H18F3N3O2S/c1-14-3-8-17(13-18(14)19(20,21)22)28(26,27)24-11-9-15-4-6-16(7-5-15)25-12-2-10-23-25/h2-8,10,12-13,24H,9,11H2,1H3. The van der Waals surface area contributed by atoms with Gasteiger partial charge in [-0.05, 0) is 54.8 Å². The summed E-state index contributed by atoms with van der Waals surface area (Å²) < 4.78 is 67.7. The van der Waals surface area contributed by atoms with E-state index in [-0.39, 0.29) is 12.1 Å². The van der Waals surface area contributed by atoms with E-state index in [9.17, 15) is 21.6 Å². The Balaban J connectivity index is 1.66. The van der Waals surface area contributed by atoms with Crippen molar-refractivity contribution in [3.05, 3.63) is 77.6 Å². The summed E-state index contributed by atoms with van der Waals surface area (Å²) >= 11 is 0. The van der Waals surface area contributed by atoms with E-state index < -0.39 is 26.7 Å². The Morgan fingerprint density at radius 2 is 1.82 bits per heavy atom. The van der Waals surface area contributed by atoms with Gasteiger partial charge in [-0.2, -0.15) is 18.3 Å². The molecule has 0 aliphatic carbocycles. The molecule has 0 atom stereocenters. The minimum Gasteiger partial charge on any atom is -0.241 e. The highest BCUT2D eigenvalue weighted by Gasteiger charge is 2.33. The van der Waals surface area contributed by atoms with Gasteiger partial charge in [0.15, 0.2) is 0 Å². The second-order valence-corrected chi connectivity index (χ2v) is 8.01. The SMILES string of the molecule is Cc1ccc(S(=O)(=O)NCCc2ccc(-n3cccn3)cc2)cc1C(F)(F)F. The number of halogens is 3. The molecule has 0 saturated heterocycles. The van der Waals surface area contributed by atoms with Gasteiger partial charge in [0.05, 0.1) is 16.1 Å². The van der Waals surface area contributed by atoms with E-state index in [0.29, 0.717) is 12.5 Å². The molecule has 28 heavy (non-hydrogen) atoms. The van der Waals surface area contributed by atoms with Gasteiger partial charge in [0.2, 0.25) is 10.0 Å². The van der Waals surface area contributed by atoms with Gasteiger partial charge in [-0.25, -0.2) is 17.8 Å². The molecule has 1 N–H and O–H groups in total. The zero-order valence-corrected chi connectivity index (χ0v) is 15.8. The maximum absolute atomic E-state index is 13.0. The predicted molar refractivity (Wildman–Crippen MR) is 98.6 cm³/mol. The quantitative estimate of drug-likeness (QED) is 0.675. The molecule has 0 fully saturated rings. The number of alkyl halides is 3. The maximum Gasteiger partial charge on any atom is 0.416 e. The molecule has 0 amide bonds. The molecule has 9 heteroatoms. The molecule has 0 aliphatic rings. The number of hydrogen-bond donors (Lipinski definition) is 1. The van der Waals surface area contributed by atoms with Crippen LogP contribution in [0.2, 0.25) is 0 Å². The van der Waals surface area contributed by atoms with Crippen molar-refractivity contribution in [1.82, 2.24) is 14.5 Å². The number of hydrogen-bond acceptors (Lipinski definition) is 3. The monoisotopic (exact) mass is 409 g/mol. The molecule has 0 unspecified atom stereocenters. The van der Waals surface area contributed by atoms with Crippen molar-refractivity contribution >= 4 is 10.0 Å². The average Bonchev–Trinajstić information content (AvgIpc) is 3.16. The molecule has 5 nitrogen and oxygen atoms in total. The van der Waals surface area contributed by atoms with Crippen LogP contribution in [0.1, 0.15) is 16.7 Å². The summed E-state index contributed by atoms with van der Waals surface area (Å²) in [4.78, 5) is -0.403. The molecule has 1 heterocycles. The Hall–Kier alpha value is -2.65. The van der Waals surface area contributed by atoms with Crippen LogP contribution in [0.25, 0.3) is 5.69 Å². The molecule has 0 radical (unpaired) electrons. The first-order valence-electron chi connectivity index (χ1n) is 8.43. The number of aromatic nitrogens is 2. The number of rotatable bonds is 6.